The molecule has 2 aromatic rings. The van der Waals surface area contributed by atoms with Crippen LogP contribution in [0.4, 0.5) is 5.69 Å². The van der Waals surface area contributed by atoms with E-state index in [0.717, 1.165) is 34.1 Å². The van der Waals surface area contributed by atoms with Gasteiger partial charge in [0.15, 0.2) is 0 Å². The summed E-state index contributed by atoms with van der Waals surface area (Å²) in [5.74, 6) is -0.0371. The number of carbonyl (C=O) groups excluding carboxylic acids is 1. The number of halogens is 1. The number of amides is 1. The quantitative estimate of drug-likeness (QED) is 0.784. The zero-order valence-electron chi connectivity index (χ0n) is 12.4. The van der Waals surface area contributed by atoms with Crippen molar-refractivity contribution in [1.82, 2.24) is 0 Å². The van der Waals surface area contributed by atoms with Gasteiger partial charge in [-0.05, 0) is 42.7 Å². The molecule has 0 fully saturated rings. The predicted octanol–water partition coefficient (Wildman–Crippen LogP) is 5.28. The van der Waals surface area contributed by atoms with Crippen molar-refractivity contribution >= 4 is 27.5 Å². The Morgan fingerprint density at radius 1 is 1.19 bits per heavy atom. The minimum Gasteiger partial charge on any atom is -0.326 e. The lowest BCUT2D eigenvalue weighted by atomic mass is 9.93. The van der Waals surface area contributed by atoms with Crippen LogP contribution < -0.4 is 5.32 Å². The molecule has 0 aliphatic rings. The first-order valence-electron chi connectivity index (χ1n) is 7.23. The smallest absolute Gasteiger partial charge is 0.231 e. The Balaban J connectivity index is 2.17. The number of nitrogens with one attached hydrogen (secondary N) is 1. The molecule has 0 radical (unpaired) electrons. The van der Waals surface area contributed by atoms with Gasteiger partial charge >= 0.3 is 0 Å². The maximum atomic E-state index is 12.6. The van der Waals surface area contributed by atoms with Crippen LogP contribution in [0.25, 0.3) is 0 Å². The minimum atomic E-state index is -0.0971. The van der Waals surface area contributed by atoms with E-state index in [2.05, 4.69) is 28.2 Å². The summed E-state index contributed by atoms with van der Waals surface area (Å²) in [6.07, 6.45) is 1.83. The van der Waals surface area contributed by atoms with Crippen LogP contribution in [0.2, 0.25) is 0 Å². The first-order chi connectivity index (χ1) is 10.1. The third kappa shape index (κ3) is 4.18. The topological polar surface area (TPSA) is 29.1 Å². The summed E-state index contributed by atoms with van der Waals surface area (Å²) in [6, 6.07) is 15.8. The van der Waals surface area contributed by atoms with Crippen molar-refractivity contribution in [1.29, 1.82) is 0 Å². The average Bonchev–Trinajstić information content (AvgIpc) is 2.49. The van der Waals surface area contributed by atoms with E-state index in [-0.39, 0.29) is 11.8 Å². The summed E-state index contributed by atoms with van der Waals surface area (Å²) in [5.41, 5.74) is 3.03. The number of anilines is 1. The van der Waals surface area contributed by atoms with E-state index >= 15 is 0 Å². The molecule has 0 heterocycles. The molecular formula is C18H20BrNO. The fourth-order valence-electron chi connectivity index (χ4n) is 2.37. The zero-order chi connectivity index (χ0) is 15.2. The summed E-state index contributed by atoms with van der Waals surface area (Å²) < 4.78 is 1.05. The number of hydrogen-bond acceptors (Lipinski definition) is 1. The third-order valence-electron chi connectivity index (χ3n) is 3.52. The summed E-state index contributed by atoms with van der Waals surface area (Å²) in [4.78, 5) is 12.6. The lowest BCUT2D eigenvalue weighted by Crippen LogP contribution is -2.21. The highest BCUT2D eigenvalue weighted by atomic mass is 79.9. The Kier molecular flexibility index (Phi) is 5.57. The molecule has 2 aromatic carbocycles. The van der Waals surface area contributed by atoms with Crippen LogP contribution in [-0.4, -0.2) is 5.91 Å². The van der Waals surface area contributed by atoms with E-state index in [0.29, 0.717) is 0 Å². The Morgan fingerprint density at radius 3 is 2.52 bits per heavy atom. The Morgan fingerprint density at radius 2 is 1.90 bits per heavy atom. The molecular weight excluding hydrogens is 326 g/mol. The van der Waals surface area contributed by atoms with Crippen LogP contribution in [-0.2, 0) is 4.79 Å². The van der Waals surface area contributed by atoms with Gasteiger partial charge in [-0.2, -0.15) is 0 Å². The van der Waals surface area contributed by atoms with Gasteiger partial charge < -0.3 is 5.32 Å². The fourth-order valence-corrected chi connectivity index (χ4v) is 2.62. The van der Waals surface area contributed by atoms with Gasteiger partial charge in [0.2, 0.25) is 5.91 Å². The van der Waals surface area contributed by atoms with Crippen LogP contribution in [0.15, 0.2) is 53.0 Å². The molecule has 0 aliphatic carbocycles. The van der Waals surface area contributed by atoms with E-state index in [9.17, 15) is 4.79 Å². The van der Waals surface area contributed by atoms with Crippen molar-refractivity contribution in [2.75, 3.05) is 5.32 Å². The molecule has 110 valence electrons. The van der Waals surface area contributed by atoms with Crippen molar-refractivity contribution in [2.45, 2.75) is 32.6 Å². The molecule has 1 atom stereocenters. The molecule has 0 aliphatic heterocycles. The lowest BCUT2D eigenvalue weighted by Gasteiger charge is -2.17. The van der Waals surface area contributed by atoms with Gasteiger partial charge in [-0.1, -0.05) is 59.6 Å². The maximum absolute atomic E-state index is 12.6. The van der Waals surface area contributed by atoms with Gasteiger partial charge in [-0.3, -0.25) is 4.79 Å². The molecule has 21 heavy (non-hydrogen) atoms. The molecule has 0 aromatic heterocycles. The zero-order valence-corrected chi connectivity index (χ0v) is 14.0. The summed E-state index contributed by atoms with van der Waals surface area (Å²) in [6.45, 7) is 4.12. The third-order valence-corrected chi connectivity index (χ3v) is 4.41. The molecule has 0 unspecified atom stereocenters. The van der Waals surface area contributed by atoms with Gasteiger partial charge in [0.05, 0.1) is 5.92 Å². The van der Waals surface area contributed by atoms with Crippen molar-refractivity contribution in [2.24, 2.45) is 0 Å². The predicted molar refractivity (Wildman–Crippen MR) is 91.6 cm³/mol. The SMILES string of the molecule is CCC[C@H](C(=O)Nc1ccc(Br)c(C)c1)c1ccccc1. The van der Waals surface area contributed by atoms with Crippen molar-refractivity contribution in [3.63, 3.8) is 0 Å². The molecule has 1 N–H and O–H groups in total. The highest BCUT2D eigenvalue weighted by Crippen LogP contribution is 2.25. The van der Waals surface area contributed by atoms with Gasteiger partial charge in [-0.15, -0.1) is 0 Å². The molecule has 0 spiro atoms. The van der Waals surface area contributed by atoms with Gasteiger partial charge in [-0.25, -0.2) is 0 Å². The van der Waals surface area contributed by atoms with Gasteiger partial charge in [0.1, 0.15) is 0 Å². The number of rotatable bonds is 5. The number of hydrogen-bond donors (Lipinski definition) is 1. The van der Waals surface area contributed by atoms with E-state index in [4.69, 9.17) is 0 Å². The summed E-state index contributed by atoms with van der Waals surface area (Å²) >= 11 is 3.47. The number of aryl methyl sites for hydroxylation is 1. The first kappa shape index (κ1) is 15.8. The molecule has 0 bridgehead atoms. The Hall–Kier alpha value is -1.61. The normalized spacial score (nSPS) is 12.0. The molecule has 2 nitrogen and oxygen atoms in total. The van der Waals surface area contributed by atoms with E-state index in [1.54, 1.807) is 0 Å². The highest BCUT2D eigenvalue weighted by Gasteiger charge is 2.19. The summed E-state index contributed by atoms with van der Waals surface area (Å²) in [5, 5.41) is 3.03. The van der Waals surface area contributed by atoms with Crippen LogP contribution in [0.3, 0.4) is 0 Å². The molecule has 1 amide bonds. The van der Waals surface area contributed by atoms with Gasteiger partial charge in [0.25, 0.3) is 0 Å². The average molecular weight is 346 g/mol. The standard InChI is InChI=1S/C18H20BrNO/c1-3-7-16(14-8-5-4-6-9-14)18(21)20-15-10-11-17(19)13(2)12-15/h4-6,8-12,16H,3,7H2,1-2H3,(H,20,21)/t16-/m0/s1. The first-order valence-corrected chi connectivity index (χ1v) is 8.03. The van der Waals surface area contributed by atoms with Crippen LogP contribution in [0, 0.1) is 6.92 Å². The lowest BCUT2D eigenvalue weighted by molar-refractivity contribution is -0.117. The number of benzene rings is 2. The Bertz CT molecular complexity index is 610. The largest absolute Gasteiger partial charge is 0.326 e. The molecule has 0 saturated heterocycles. The second kappa shape index (κ2) is 7.41. The maximum Gasteiger partial charge on any atom is 0.231 e. The van der Waals surface area contributed by atoms with Crippen LogP contribution >= 0.6 is 15.9 Å². The van der Waals surface area contributed by atoms with Crippen molar-refractivity contribution in [3.8, 4) is 0 Å². The van der Waals surface area contributed by atoms with E-state index < -0.39 is 0 Å². The second-order valence-corrected chi connectivity index (χ2v) is 6.06. The van der Waals surface area contributed by atoms with E-state index in [1.165, 1.54) is 0 Å². The molecule has 0 saturated carbocycles. The minimum absolute atomic E-state index is 0.0600. The van der Waals surface area contributed by atoms with Crippen molar-refractivity contribution < 1.29 is 4.79 Å². The molecule has 2 rings (SSSR count). The van der Waals surface area contributed by atoms with E-state index in [1.807, 2.05) is 55.5 Å². The monoisotopic (exact) mass is 345 g/mol. The fraction of sp³-hybridized carbons (Fsp3) is 0.278. The molecule has 3 heteroatoms. The van der Waals surface area contributed by atoms with Gasteiger partial charge in [0, 0.05) is 10.2 Å². The Labute approximate surface area is 134 Å². The second-order valence-electron chi connectivity index (χ2n) is 5.21. The van der Waals surface area contributed by atoms with Crippen LogP contribution in [0.1, 0.15) is 36.8 Å². The number of carbonyl (C=O) groups is 1. The summed E-state index contributed by atoms with van der Waals surface area (Å²) in [7, 11) is 0. The van der Waals surface area contributed by atoms with Crippen LogP contribution in [0.5, 0.6) is 0 Å². The van der Waals surface area contributed by atoms with Crippen molar-refractivity contribution in [3.05, 3.63) is 64.1 Å². The highest BCUT2D eigenvalue weighted by molar-refractivity contribution is 9.10.